The number of piperazine rings is 1. The third-order valence-electron chi connectivity index (χ3n) is 3.70. The number of aromatic nitrogens is 3. The number of nitrogens with zero attached hydrogens (tertiary/aromatic N) is 4. The van der Waals surface area contributed by atoms with Crippen LogP contribution in [0.1, 0.15) is 22.8 Å². The van der Waals surface area contributed by atoms with Crippen LogP contribution in [0.15, 0.2) is 16.2 Å². The Hall–Kier alpha value is -1.87. The number of nitrogens with one attached hydrogen (secondary N) is 1. The van der Waals surface area contributed by atoms with Crippen LogP contribution in [0.4, 0.5) is 14.7 Å². The van der Waals surface area contributed by atoms with Gasteiger partial charge in [0.15, 0.2) is 0 Å². The predicted molar refractivity (Wildman–Crippen MR) is 84.2 cm³/mol. The fraction of sp³-hybridized carbons (Fsp3) is 0.500. The second-order valence-electron chi connectivity index (χ2n) is 5.42. The SMILES string of the molecule is Cc1nc(CN2CCN(c3nc(C(F)F)cc(=O)[nH]3)CC2)cs1. The molecule has 2 aromatic rings. The van der Waals surface area contributed by atoms with Gasteiger partial charge >= 0.3 is 0 Å². The number of H-pyrrole nitrogens is 1. The van der Waals surface area contributed by atoms with Crippen molar-refractivity contribution >= 4 is 17.3 Å². The van der Waals surface area contributed by atoms with Gasteiger partial charge in [0.2, 0.25) is 5.95 Å². The number of thiazole rings is 1. The smallest absolute Gasteiger partial charge is 0.280 e. The molecular formula is C14H17F2N5OS. The van der Waals surface area contributed by atoms with Gasteiger partial charge in [-0.05, 0) is 6.92 Å². The first-order valence-corrected chi connectivity index (χ1v) is 8.17. The zero-order valence-electron chi connectivity index (χ0n) is 12.6. The monoisotopic (exact) mass is 341 g/mol. The zero-order valence-corrected chi connectivity index (χ0v) is 13.4. The minimum Gasteiger partial charge on any atom is -0.340 e. The molecule has 9 heteroatoms. The maximum Gasteiger partial charge on any atom is 0.280 e. The van der Waals surface area contributed by atoms with Crippen LogP contribution in [0.3, 0.4) is 0 Å². The van der Waals surface area contributed by atoms with Crippen molar-refractivity contribution in [2.24, 2.45) is 0 Å². The summed E-state index contributed by atoms with van der Waals surface area (Å²) in [5, 5.41) is 3.09. The lowest BCUT2D eigenvalue weighted by Crippen LogP contribution is -2.47. The second kappa shape index (κ2) is 6.71. The maximum absolute atomic E-state index is 12.8. The van der Waals surface area contributed by atoms with Crippen molar-refractivity contribution in [1.82, 2.24) is 19.9 Å². The standard InChI is InChI=1S/C14H17F2N5OS/c1-9-17-10(8-23-9)7-20-2-4-21(5-3-20)14-18-11(13(15)16)6-12(22)19-14/h6,8,13H,2-5,7H2,1H3,(H,18,19,22). The lowest BCUT2D eigenvalue weighted by atomic mass is 10.3. The number of aryl methyl sites for hydroxylation is 1. The minimum absolute atomic E-state index is 0.219. The summed E-state index contributed by atoms with van der Waals surface area (Å²) in [4.78, 5) is 26.4. The molecule has 0 spiro atoms. The Morgan fingerprint density at radius 1 is 1.30 bits per heavy atom. The molecule has 23 heavy (non-hydrogen) atoms. The van der Waals surface area contributed by atoms with E-state index in [0.717, 1.165) is 36.4 Å². The van der Waals surface area contributed by atoms with Crippen molar-refractivity contribution in [3.63, 3.8) is 0 Å². The van der Waals surface area contributed by atoms with Gasteiger partial charge in [0.05, 0.1) is 10.7 Å². The molecule has 3 heterocycles. The van der Waals surface area contributed by atoms with Crippen molar-refractivity contribution in [2.75, 3.05) is 31.1 Å². The molecule has 3 rings (SSSR count). The van der Waals surface area contributed by atoms with E-state index in [-0.39, 0.29) is 5.95 Å². The summed E-state index contributed by atoms with van der Waals surface area (Å²) in [6, 6.07) is 0.842. The second-order valence-corrected chi connectivity index (χ2v) is 6.48. The summed E-state index contributed by atoms with van der Waals surface area (Å²) in [5.41, 5.74) is 0.0157. The molecule has 0 unspecified atom stereocenters. The summed E-state index contributed by atoms with van der Waals surface area (Å²) in [5.74, 6) is 0.219. The minimum atomic E-state index is -2.75. The number of anilines is 1. The van der Waals surface area contributed by atoms with Crippen molar-refractivity contribution in [3.8, 4) is 0 Å². The Labute approximate surface area is 135 Å². The van der Waals surface area contributed by atoms with Gasteiger partial charge < -0.3 is 4.90 Å². The zero-order chi connectivity index (χ0) is 16.4. The van der Waals surface area contributed by atoms with Crippen LogP contribution in [0.5, 0.6) is 0 Å². The molecule has 0 saturated carbocycles. The van der Waals surface area contributed by atoms with Crippen LogP contribution >= 0.6 is 11.3 Å². The van der Waals surface area contributed by atoms with E-state index >= 15 is 0 Å². The van der Waals surface area contributed by atoms with Crippen LogP contribution in [-0.2, 0) is 6.54 Å². The fourth-order valence-electron chi connectivity index (χ4n) is 2.55. The van der Waals surface area contributed by atoms with Crippen LogP contribution in [0, 0.1) is 6.92 Å². The molecule has 1 aliphatic rings. The Balaban J connectivity index is 1.63. The number of aromatic amines is 1. The van der Waals surface area contributed by atoms with Crippen LogP contribution in [-0.4, -0.2) is 46.0 Å². The molecule has 1 saturated heterocycles. The molecule has 124 valence electrons. The van der Waals surface area contributed by atoms with Crippen LogP contribution in [0.2, 0.25) is 0 Å². The van der Waals surface area contributed by atoms with E-state index in [4.69, 9.17) is 0 Å². The molecule has 0 radical (unpaired) electrons. The summed E-state index contributed by atoms with van der Waals surface area (Å²) in [6.07, 6.45) is -2.75. The van der Waals surface area contributed by atoms with E-state index in [1.165, 1.54) is 0 Å². The summed E-state index contributed by atoms with van der Waals surface area (Å²) in [6.45, 7) is 5.53. The first-order valence-electron chi connectivity index (χ1n) is 7.29. The van der Waals surface area contributed by atoms with Crippen molar-refractivity contribution in [3.05, 3.63) is 38.2 Å². The molecule has 1 fully saturated rings. The average Bonchev–Trinajstić information content (AvgIpc) is 2.92. The third kappa shape index (κ3) is 3.91. The lowest BCUT2D eigenvalue weighted by Gasteiger charge is -2.34. The summed E-state index contributed by atoms with van der Waals surface area (Å²) >= 11 is 1.63. The predicted octanol–water partition coefficient (Wildman–Crippen LogP) is 1.79. The summed E-state index contributed by atoms with van der Waals surface area (Å²) in [7, 11) is 0. The Kier molecular flexibility index (Phi) is 4.67. The van der Waals surface area contributed by atoms with E-state index in [2.05, 4.69) is 19.9 Å². The summed E-state index contributed by atoms with van der Waals surface area (Å²) < 4.78 is 25.5. The highest BCUT2D eigenvalue weighted by molar-refractivity contribution is 7.09. The van der Waals surface area contributed by atoms with Gasteiger partial charge in [-0.25, -0.2) is 18.7 Å². The average molecular weight is 341 g/mol. The highest BCUT2D eigenvalue weighted by atomic mass is 32.1. The van der Waals surface area contributed by atoms with E-state index in [1.54, 1.807) is 11.3 Å². The molecule has 0 bridgehead atoms. The van der Waals surface area contributed by atoms with Crippen LogP contribution < -0.4 is 10.5 Å². The maximum atomic E-state index is 12.8. The number of rotatable bonds is 4. The molecule has 0 atom stereocenters. The van der Waals surface area contributed by atoms with Gasteiger partial charge in [-0.3, -0.25) is 14.7 Å². The van der Waals surface area contributed by atoms with E-state index in [0.29, 0.717) is 13.1 Å². The number of hydrogen-bond donors (Lipinski definition) is 1. The molecule has 0 aromatic carbocycles. The molecule has 0 amide bonds. The fourth-order valence-corrected chi connectivity index (χ4v) is 3.16. The first kappa shape index (κ1) is 16.0. The Morgan fingerprint density at radius 2 is 2.04 bits per heavy atom. The van der Waals surface area contributed by atoms with E-state index < -0.39 is 17.7 Å². The molecule has 2 aromatic heterocycles. The largest absolute Gasteiger partial charge is 0.340 e. The van der Waals surface area contributed by atoms with E-state index in [9.17, 15) is 13.6 Å². The van der Waals surface area contributed by atoms with Crippen molar-refractivity contribution in [1.29, 1.82) is 0 Å². The van der Waals surface area contributed by atoms with Crippen molar-refractivity contribution < 1.29 is 8.78 Å². The highest BCUT2D eigenvalue weighted by Crippen LogP contribution is 2.18. The number of hydrogen-bond acceptors (Lipinski definition) is 6. The van der Waals surface area contributed by atoms with Gasteiger partial charge in [-0.15, -0.1) is 11.3 Å². The van der Waals surface area contributed by atoms with Gasteiger partial charge in [0.25, 0.3) is 12.0 Å². The normalized spacial score (nSPS) is 16.3. The van der Waals surface area contributed by atoms with Crippen LogP contribution in [0.25, 0.3) is 0 Å². The molecule has 0 aliphatic carbocycles. The first-order chi connectivity index (χ1) is 11.0. The quantitative estimate of drug-likeness (QED) is 0.919. The van der Waals surface area contributed by atoms with Gasteiger partial charge in [-0.1, -0.05) is 0 Å². The molecule has 1 N–H and O–H groups in total. The Bertz CT molecular complexity index is 724. The Morgan fingerprint density at radius 3 is 2.65 bits per heavy atom. The topological polar surface area (TPSA) is 65.1 Å². The number of halogens is 2. The third-order valence-corrected chi connectivity index (χ3v) is 4.52. The lowest BCUT2D eigenvalue weighted by molar-refractivity contribution is 0.145. The molecule has 6 nitrogen and oxygen atoms in total. The highest BCUT2D eigenvalue weighted by Gasteiger charge is 2.21. The van der Waals surface area contributed by atoms with Crippen molar-refractivity contribution in [2.45, 2.75) is 19.9 Å². The van der Waals surface area contributed by atoms with E-state index in [1.807, 2.05) is 17.2 Å². The van der Waals surface area contributed by atoms with Gasteiger partial charge in [-0.2, -0.15) is 0 Å². The molecular weight excluding hydrogens is 324 g/mol. The number of alkyl halides is 2. The van der Waals surface area contributed by atoms with Gasteiger partial charge in [0, 0.05) is 44.2 Å². The molecule has 1 aliphatic heterocycles. The van der Waals surface area contributed by atoms with Gasteiger partial charge in [0.1, 0.15) is 5.69 Å².